The lowest BCUT2D eigenvalue weighted by Crippen LogP contribution is -2.41. The average Bonchev–Trinajstić information content (AvgIpc) is 2.22. The first-order chi connectivity index (χ1) is 7.59. The van der Waals surface area contributed by atoms with Gasteiger partial charge in [0.1, 0.15) is 5.78 Å². The van der Waals surface area contributed by atoms with Gasteiger partial charge in [0.05, 0.1) is 6.54 Å². The third-order valence-electron chi connectivity index (χ3n) is 2.89. The van der Waals surface area contributed by atoms with Crippen molar-refractivity contribution in [2.45, 2.75) is 45.4 Å². The molecule has 1 atom stereocenters. The Balaban J connectivity index is 2.14. The van der Waals surface area contributed by atoms with Crippen LogP contribution >= 0.6 is 0 Å². The summed E-state index contributed by atoms with van der Waals surface area (Å²) < 4.78 is 0. The molecule has 1 saturated heterocycles. The molecule has 0 aromatic heterocycles. The summed E-state index contributed by atoms with van der Waals surface area (Å²) in [5.41, 5.74) is 0. The number of Topliss-reactive ketones (excluding diaryl/α,β-unsaturated/α-hetero) is 2. The highest BCUT2D eigenvalue weighted by Gasteiger charge is 2.25. The predicted octanol–water partition coefficient (Wildman–Crippen LogP) is 1.23. The first-order valence-corrected chi connectivity index (χ1v) is 5.88. The second-order valence-electron chi connectivity index (χ2n) is 4.46. The fourth-order valence-electron chi connectivity index (χ4n) is 1.94. The molecule has 1 fully saturated rings. The summed E-state index contributed by atoms with van der Waals surface area (Å²) in [5, 5.41) is 2.60. The summed E-state index contributed by atoms with van der Waals surface area (Å²) >= 11 is 0. The summed E-state index contributed by atoms with van der Waals surface area (Å²) in [6.07, 6.45) is 4.53. The van der Waals surface area contributed by atoms with Crippen molar-refractivity contribution in [1.82, 2.24) is 5.32 Å². The third kappa shape index (κ3) is 4.55. The predicted molar refractivity (Wildman–Crippen MR) is 59.9 cm³/mol. The van der Waals surface area contributed by atoms with Gasteiger partial charge in [-0.2, -0.15) is 0 Å². The van der Waals surface area contributed by atoms with E-state index in [1.807, 2.05) is 0 Å². The summed E-state index contributed by atoms with van der Waals surface area (Å²) in [7, 11) is 0. The fourth-order valence-corrected chi connectivity index (χ4v) is 1.94. The van der Waals surface area contributed by atoms with Crippen molar-refractivity contribution >= 4 is 17.5 Å². The van der Waals surface area contributed by atoms with E-state index in [9.17, 15) is 14.4 Å². The molecule has 0 aliphatic carbocycles. The summed E-state index contributed by atoms with van der Waals surface area (Å²) in [5.74, 6) is 0.198. The summed E-state index contributed by atoms with van der Waals surface area (Å²) in [4.78, 5) is 33.2. The Bertz CT molecular complexity index is 286. The first-order valence-electron chi connectivity index (χ1n) is 5.88. The van der Waals surface area contributed by atoms with E-state index in [1.54, 1.807) is 6.92 Å². The number of ketones is 2. The Hall–Kier alpha value is -1.19. The summed E-state index contributed by atoms with van der Waals surface area (Å²) in [6.45, 7) is 1.78. The number of piperidine rings is 1. The van der Waals surface area contributed by atoms with Crippen molar-refractivity contribution in [2.75, 3.05) is 6.54 Å². The van der Waals surface area contributed by atoms with Crippen LogP contribution in [-0.2, 0) is 14.4 Å². The van der Waals surface area contributed by atoms with Gasteiger partial charge in [-0.25, -0.2) is 0 Å². The Morgan fingerprint density at radius 1 is 1.31 bits per heavy atom. The monoisotopic (exact) mass is 225 g/mol. The molecule has 0 aromatic carbocycles. The van der Waals surface area contributed by atoms with Gasteiger partial charge in [0, 0.05) is 18.8 Å². The van der Waals surface area contributed by atoms with Crippen LogP contribution in [0.5, 0.6) is 0 Å². The molecule has 1 amide bonds. The van der Waals surface area contributed by atoms with Gasteiger partial charge in [0.25, 0.3) is 0 Å². The standard InChI is InChI=1S/C12H19NO3/c1-9(14)5-3-2-4-6-10-7-11(15)8-13-12(10)16/h10H,2-8H2,1H3,(H,13,16). The van der Waals surface area contributed by atoms with Crippen molar-refractivity contribution in [1.29, 1.82) is 0 Å². The third-order valence-corrected chi connectivity index (χ3v) is 2.89. The molecule has 0 aromatic rings. The van der Waals surface area contributed by atoms with Gasteiger partial charge in [-0.1, -0.05) is 12.8 Å². The van der Waals surface area contributed by atoms with Crippen molar-refractivity contribution in [3.63, 3.8) is 0 Å². The smallest absolute Gasteiger partial charge is 0.223 e. The lowest BCUT2D eigenvalue weighted by molar-refractivity contribution is -0.134. The molecule has 16 heavy (non-hydrogen) atoms. The van der Waals surface area contributed by atoms with Crippen molar-refractivity contribution in [3.05, 3.63) is 0 Å². The van der Waals surface area contributed by atoms with E-state index in [1.165, 1.54) is 0 Å². The molecular formula is C12H19NO3. The van der Waals surface area contributed by atoms with E-state index >= 15 is 0 Å². The molecule has 1 N–H and O–H groups in total. The molecule has 0 radical (unpaired) electrons. The Kier molecular flexibility index (Phi) is 5.15. The van der Waals surface area contributed by atoms with E-state index < -0.39 is 0 Å². The Labute approximate surface area is 95.8 Å². The van der Waals surface area contributed by atoms with E-state index in [4.69, 9.17) is 0 Å². The van der Waals surface area contributed by atoms with E-state index in [0.717, 1.165) is 25.7 Å². The van der Waals surface area contributed by atoms with Crippen LogP contribution < -0.4 is 5.32 Å². The molecule has 90 valence electrons. The van der Waals surface area contributed by atoms with Crippen molar-refractivity contribution in [3.8, 4) is 0 Å². The van der Waals surface area contributed by atoms with E-state index in [2.05, 4.69) is 5.32 Å². The Morgan fingerprint density at radius 3 is 2.75 bits per heavy atom. The zero-order valence-electron chi connectivity index (χ0n) is 9.75. The van der Waals surface area contributed by atoms with Crippen molar-refractivity contribution < 1.29 is 14.4 Å². The first kappa shape index (κ1) is 12.9. The van der Waals surface area contributed by atoms with Crippen molar-refractivity contribution in [2.24, 2.45) is 5.92 Å². The van der Waals surface area contributed by atoms with Crippen LogP contribution in [0.25, 0.3) is 0 Å². The molecule has 4 nitrogen and oxygen atoms in total. The van der Waals surface area contributed by atoms with E-state index in [-0.39, 0.29) is 29.9 Å². The Morgan fingerprint density at radius 2 is 2.06 bits per heavy atom. The lowest BCUT2D eigenvalue weighted by Gasteiger charge is -2.20. The highest BCUT2D eigenvalue weighted by Crippen LogP contribution is 2.17. The minimum atomic E-state index is -0.140. The number of hydrogen-bond acceptors (Lipinski definition) is 3. The quantitative estimate of drug-likeness (QED) is 0.691. The molecular weight excluding hydrogens is 206 g/mol. The molecule has 0 bridgehead atoms. The number of unbranched alkanes of at least 4 members (excludes halogenated alkanes) is 2. The molecule has 0 spiro atoms. The zero-order chi connectivity index (χ0) is 12.0. The fraction of sp³-hybridized carbons (Fsp3) is 0.750. The van der Waals surface area contributed by atoms with Crippen LogP contribution in [0.15, 0.2) is 0 Å². The molecule has 1 heterocycles. The minimum absolute atomic E-state index is 0.00571. The number of carbonyl (C=O) groups excluding carboxylic acids is 3. The van der Waals surface area contributed by atoms with Crippen LogP contribution in [0, 0.1) is 5.92 Å². The minimum Gasteiger partial charge on any atom is -0.349 e. The van der Waals surface area contributed by atoms with Gasteiger partial charge in [-0.05, 0) is 19.8 Å². The van der Waals surface area contributed by atoms with Gasteiger partial charge < -0.3 is 10.1 Å². The molecule has 1 unspecified atom stereocenters. The number of amides is 1. The van der Waals surface area contributed by atoms with Crippen LogP contribution in [0.4, 0.5) is 0 Å². The molecule has 1 rings (SSSR count). The number of nitrogens with one attached hydrogen (secondary N) is 1. The van der Waals surface area contributed by atoms with Crippen LogP contribution in [-0.4, -0.2) is 24.0 Å². The molecule has 1 aliphatic heterocycles. The number of hydrogen-bond donors (Lipinski definition) is 1. The largest absolute Gasteiger partial charge is 0.349 e. The molecule has 0 saturated carbocycles. The van der Waals surface area contributed by atoms with Gasteiger partial charge >= 0.3 is 0 Å². The van der Waals surface area contributed by atoms with Gasteiger partial charge in [-0.3, -0.25) is 9.59 Å². The normalized spacial score (nSPS) is 20.7. The highest BCUT2D eigenvalue weighted by molar-refractivity contribution is 5.94. The maximum Gasteiger partial charge on any atom is 0.223 e. The zero-order valence-corrected chi connectivity index (χ0v) is 9.75. The van der Waals surface area contributed by atoms with Gasteiger partial charge in [0.2, 0.25) is 5.91 Å². The topological polar surface area (TPSA) is 63.2 Å². The maximum absolute atomic E-state index is 11.4. The van der Waals surface area contributed by atoms with Gasteiger partial charge in [-0.15, -0.1) is 0 Å². The molecule has 4 heteroatoms. The second-order valence-corrected chi connectivity index (χ2v) is 4.46. The maximum atomic E-state index is 11.4. The SMILES string of the molecule is CC(=O)CCCCCC1CC(=O)CNC1=O. The molecule has 1 aliphatic rings. The number of rotatable bonds is 6. The number of carbonyl (C=O) groups is 3. The lowest BCUT2D eigenvalue weighted by atomic mass is 9.92. The van der Waals surface area contributed by atoms with Crippen LogP contribution in [0.1, 0.15) is 45.4 Å². The van der Waals surface area contributed by atoms with E-state index in [0.29, 0.717) is 12.8 Å². The average molecular weight is 225 g/mol. The van der Waals surface area contributed by atoms with Gasteiger partial charge in [0.15, 0.2) is 5.78 Å². The highest BCUT2D eigenvalue weighted by atomic mass is 16.2. The second kappa shape index (κ2) is 6.40. The van der Waals surface area contributed by atoms with Crippen LogP contribution in [0.2, 0.25) is 0 Å². The summed E-state index contributed by atoms with van der Waals surface area (Å²) in [6, 6.07) is 0. The van der Waals surface area contributed by atoms with Crippen LogP contribution in [0.3, 0.4) is 0 Å².